The number of nitrogens with zero attached hydrogens (tertiary/aromatic N) is 2. The lowest BCUT2D eigenvalue weighted by atomic mass is 9.79. The van der Waals surface area contributed by atoms with Crippen molar-refractivity contribution in [1.82, 2.24) is 20.3 Å². The predicted octanol–water partition coefficient (Wildman–Crippen LogP) is 2.09. The molecule has 1 fully saturated rings. The van der Waals surface area contributed by atoms with Gasteiger partial charge in [0.25, 0.3) is 0 Å². The monoisotopic (exact) mass is 371 g/mol. The number of nitrogen functional groups attached to an aromatic ring is 1. The minimum atomic E-state index is -3.78. The number of aromatic amines is 1. The molecule has 0 bridgehead atoms. The summed E-state index contributed by atoms with van der Waals surface area (Å²) >= 11 is 0. The Bertz CT molecular complexity index is 1070. The maximum Gasteiger partial charge on any atom is 0.212 e. The lowest BCUT2D eigenvalue weighted by Gasteiger charge is -2.25. The molecule has 2 aromatic heterocycles. The summed E-state index contributed by atoms with van der Waals surface area (Å²) in [7, 11) is -3.78. The number of sulfone groups is 1. The second kappa shape index (κ2) is 5.78. The second-order valence-electron chi connectivity index (χ2n) is 7.34. The van der Waals surface area contributed by atoms with Crippen molar-refractivity contribution in [2.24, 2.45) is 5.41 Å². The van der Waals surface area contributed by atoms with Crippen LogP contribution in [0.15, 0.2) is 46.5 Å². The summed E-state index contributed by atoms with van der Waals surface area (Å²) in [5, 5.41) is 3.38. The molecule has 3 aromatic rings. The van der Waals surface area contributed by atoms with E-state index in [0.717, 1.165) is 18.8 Å². The van der Waals surface area contributed by atoms with Crippen LogP contribution >= 0.6 is 0 Å². The van der Waals surface area contributed by atoms with Crippen LogP contribution in [0.3, 0.4) is 0 Å². The molecule has 1 aromatic carbocycles. The van der Waals surface area contributed by atoms with Gasteiger partial charge in [-0.3, -0.25) is 0 Å². The molecule has 0 radical (unpaired) electrons. The van der Waals surface area contributed by atoms with Crippen LogP contribution in [-0.2, 0) is 9.84 Å². The molecule has 4 rings (SSSR count). The van der Waals surface area contributed by atoms with Crippen LogP contribution in [0.5, 0.6) is 0 Å². The molecule has 1 atom stereocenters. The molecule has 7 nitrogen and oxygen atoms in total. The Kier molecular flexibility index (Phi) is 3.78. The highest BCUT2D eigenvalue weighted by Gasteiger charge is 2.38. The molecule has 3 heterocycles. The van der Waals surface area contributed by atoms with Gasteiger partial charge in [0.1, 0.15) is 22.6 Å². The maximum atomic E-state index is 13.1. The Morgan fingerprint density at radius 3 is 2.58 bits per heavy atom. The predicted molar refractivity (Wildman–Crippen MR) is 99.6 cm³/mol. The molecule has 1 aliphatic heterocycles. The van der Waals surface area contributed by atoms with E-state index in [4.69, 9.17) is 5.73 Å². The first-order valence-electron chi connectivity index (χ1n) is 8.45. The summed E-state index contributed by atoms with van der Waals surface area (Å²) in [5.41, 5.74) is 7.84. The van der Waals surface area contributed by atoms with Gasteiger partial charge in [0.2, 0.25) is 9.84 Å². The largest absolute Gasteiger partial charge is 0.384 e. The van der Waals surface area contributed by atoms with Gasteiger partial charge >= 0.3 is 0 Å². The molecule has 0 amide bonds. The zero-order chi connectivity index (χ0) is 18.5. The lowest BCUT2D eigenvalue weighted by molar-refractivity contribution is 0.359. The van der Waals surface area contributed by atoms with E-state index in [1.165, 1.54) is 6.33 Å². The quantitative estimate of drug-likeness (QED) is 0.649. The number of anilines is 1. The second-order valence-corrected chi connectivity index (χ2v) is 9.23. The fourth-order valence-electron chi connectivity index (χ4n) is 3.67. The van der Waals surface area contributed by atoms with Gasteiger partial charge in [0.15, 0.2) is 0 Å². The van der Waals surface area contributed by atoms with E-state index in [0.29, 0.717) is 11.0 Å². The average Bonchev–Trinajstić information content (AvgIpc) is 3.13. The number of nitrogens with one attached hydrogen (secondary N) is 2. The zero-order valence-corrected chi connectivity index (χ0v) is 15.5. The van der Waals surface area contributed by atoms with Gasteiger partial charge in [-0.25, -0.2) is 18.4 Å². The summed E-state index contributed by atoms with van der Waals surface area (Å²) < 4.78 is 26.2. The first-order valence-corrected chi connectivity index (χ1v) is 9.93. The summed E-state index contributed by atoms with van der Waals surface area (Å²) in [6.07, 6.45) is 1.42. The van der Waals surface area contributed by atoms with E-state index in [1.54, 1.807) is 30.3 Å². The van der Waals surface area contributed by atoms with Crippen molar-refractivity contribution in [2.45, 2.75) is 29.6 Å². The summed E-state index contributed by atoms with van der Waals surface area (Å²) in [4.78, 5) is 12.0. The first-order chi connectivity index (χ1) is 12.3. The van der Waals surface area contributed by atoms with Gasteiger partial charge in [-0.1, -0.05) is 32.0 Å². The number of hydrogen-bond acceptors (Lipinski definition) is 6. The number of fused-ring (bicyclic) bond motifs is 1. The number of benzene rings is 1. The third-order valence-electron chi connectivity index (χ3n) is 5.12. The molecule has 1 aliphatic rings. The Balaban J connectivity index is 1.94. The van der Waals surface area contributed by atoms with E-state index in [-0.39, 0.29) is 26.9 Å². The van der Waals surface area contributed by atoms with Crippen LogP contribution in [-0.4, -0.2) is 36.5 Å². The van der Waals surface area contributed by atoms with Crippen LogP contribution in [0.2, 0.25) is 0 Å². The number of rotatable bonds is 3. The van der Waals surface area contributed by atoms with Crippen molar-refractivity contribution in [3.8, 4) is 0 Å². The van der Waals surface area contributed by atoms with Crippen molar-refractivity contribution in [3.63, 3.8) is 0 Å². The number of nitrogens with two attached hydrogens (primary N) is 1. The first kappa shape index (κ1) is 17.0. The van der Waals surface area contributed by atoms with E-state index in [9.17, 15) is 8.42 Å². The Morgan fingerprint density at radius 1 is 1.19 bits per heavy atom. The molecule has 26 heavy (non-hydrogen) atoms. The molecule has 0 aliphatic carbocycles. The highest BCUT2D eigenvalue weighted by atomic mass is 32.2. The zero-order valence-electron chi connectivity index (χ0n) is 14.7. The Hall–Kier alpha value is -2.45. The molecule has 1 unspecified atom stereocenters. The van der Waals surface area contributed by atoms with Gasteiger partial charge < -0.3 is 16.0 Å². The molecule has 8 heteroatoms. The van der Waals surface area contributed by atoms with Gasteiger partial charge in [0, 0.05) is 19.0 Å². The summed E-state index contributed by atoms with van der Waals surface area (Å²) in [6.45, 7) is 5.98. The standard InChI is InChI=1S/C18H21N5O2S/c1-18(2)9-20-8-12(18)13-14-15(22-10-21-13)16(17(19)23-14)26(24,25)11-6-4-3-5-7-11/h3-7,10,12,20,23H,8-9,19H2,1-2H3. The highest BCUT2D eigenvalue weighted by molar-refractivity contribution is 7.92. The molecular formula is C18H21N5O2S. The molecule has 0 spiro atoms. The van der Waals surface area contributed by atoms with Crippen molar-refractivity contribution < 1.29 is 8.42 Å². The molecular weight excluding hydrogens is 350 g/mol. The summed E-state index contributed by atoms with van der Waals surface area (Å²) in [6, 6.07) is 8.25. The van der Waals surface area contributed by atoms with Crippen molar-refractivity contribution >= 4 is 26.7 Å². The molecule has 0 saturated carbocycles. The van der Waals surface area contributed by atoms with Crippen LogP contribution in [0, 0.1) is 5.41 Å². The van der Waals surface area contributed by atoms with Crippen molar-refractivity contribution in [2.75, 3.05) is 18.8 Å². The highest BCUT2D eigenvalue weighted by Crippen LogP contribution is 2.41. The lowest BCUT2D eigenvalue weighted by Crippen LogP contribution is -2.21. The van der Waals surface area contributed by atoms with E-state index >= 15 is 0 Å². The van der Waals surface area contributed by atoms with Crippen LogP contribution < -0.4 is 11.1 Å². The Morgan fingerprint density at radius 2 is 1.92 bits per heavy atom. The minimum Gasteiger partial charge on any atom is -0.384 e. The van der Waals surface area contributed by atoms with Crippen LogP contribution in [0.25, 0.3) is 11.0 Å². The normalized spacial score (nSPS) is 19.8. The topological polar surface area (TPSA) is 114 Å². The van der Waals surface area contributed by atoms with Gasteiger partial charge in [-0.05, 0) is 17.5 Å². The van der Waals surface area contributed by atoms with Gasteiger partial charge in [0.05, 0.1) is 16.1 Å². The smallest absolute Gasteiger partial charge is 0.212 e. The van der Waals surface area contributed by atoms with Crippen molar-refractivity contribution in [3.05, 3.63) is 42.4 Å². The molecule has 1 saturated heterocycles. The van der Waals surface area contributed by atoms with E-state index in [2.05, 4.69) is 34.1 Å². The number of aromatic nitrogens is 3. The van der Waals surface area contributed by atoms with Crippen molar-refractivity contribution in [1.29, 1.82) is 0 Å². The maximum absolute atomic E-state index is 13.1. The Labute approximate surface area is 152 Å². The number of hydrogen-bond donors (Lipinski definition) is 3. The number of H-pyrrole nitrogens is 1. The average molecular weight is 371 g/mol. The fraction of sp³-hybridized carbons (Fsp3) is 0.333. The van der Waals surface area contributed by atoms with E-state index < -0.39 is 9.84 Å². The van der Waals surface area contributed by atoms with E-state index in [1.807, 2.05) is 0 Å². The molecule has 136 valence electrons. The van der Waals surface area contributed by atoms with Crippen LogP contribution in [0.4, 0.5) is 5.82 Å². The summed E-state index contributed by atoms with van der Waals surface area (Å²) in [5.74, 6) is 0.229. The van der Waals surface area contributed by atoms with Gasteiger partial charge in [-0.15, -0.1) is 0 Å². The van der Waals surface area contributed by atoms with Crippen LogP contribution in [0.1, 0.15) is 25.5 Å². The third-order valence-corrected chi connectivity index (χ3v) is 6.96. The third kappa shape index (κ3) is 2.48. The fourth-order valence-corrected chi connectivity index (χ4v) is 5.17. The molecule has 4 N–H and O–H groups in total. The van der Waals surface area contributed by atoms with Gasteiger partial charge in [-0.2, -0.15) is 0 Å². The minimum absolute atomic E-state index is 0.000373. The SMILES string of the molecule is CC1(C)CNCC1c1ncnc2c(S(=O)(=O)c3ccccc3)c(N)[nH]c12.